The molecule has 20 heavy (non-hydrogen) atoms. The number of piperidine rings is 1. The summed E-state index contributed by atoms with van der Waals surface area (Å²) in [4.78, 5) is 0. The Kier molecular flexibility index (Phi) is 5.12. The van der Waals surface area contributed by atoms with Crippen molar-refractivity contribution in [1.29, 1.82) is 0 Å². The normalized spacial score (nSPS) is 21.6. The molecule has 2 N–H and O–H groups in total. The number of nitrogens with one attached hydrogen (secondary N) is 2. The van der Waals surface area contributed by atoms with E-state index in [1.54, 1.807) is 19.1 Å². The Balaban J connectivity index is 1.96. The Bertz CT molecular complexity index is 542. The first-order valence-corrected chi connectivity index (χ1v) is 8.60. The minimum Gasteiger partial charge on any atom is -0.313 e. The second kappa shape index (κ2) is 6.65. The Morgan fingerprint density at radius 1 is 1.45 bits per heavy atom. The maximum atomic E-state index is 13.1. The Morgan fingerprint density at radius 3 is 2.90 bits per heavy atom. The summed E-state index contributed by atoms with van der Waals surface area (Å²) in [6.07, 6.45) is 3.05. The number of sulfonamides is 1. The third-order valence-corrected chi connectivity index (χ3v) is 5.09. The number of halogens is 1. The molecule has 0 radical (unpaired) electrons. The quantitative estimate of drug-likeness (QED) is 0.874. The summed E-state index contributed by atoms with van der Waals surface area (Å²) in [5.74, 6) is -0.283. The highest BCUT2D eigenvalue weighted by Gasteiger charge is 2.22. The highest BCUT2D eigenvalue weighted by molar-refractivity contribution is 7.89. The number of benzene rings is 1. The lowest BCUT2D eigenvalue weighted by Gasteiger charge is -2.24. The predicted octanol–water partition coefficient (Wildman–Crippen LogP) is 1.95. The largest absolute Gasteiger partial charge is 0.313 e. The Labute approximate surface area is 119 Å². The van der Waals surface area contributed by atoms with Gasteiger partial charge in [-0.3, -0.25) is 0 Å². The van der Waals surface area contributed by atoms with Crippen LogP contribution in [-0.4, -0.2) is 26.8 Å². The molecule has 6 heteroatoms. The molecule has 0 amide bonds. The van der Waals surface area contributed by atoms with Gasteiger partial charge in [-0.15, -0.1) is 0 Å². The summed E-state index contributed by atoms with van der Waals surface area (Å²) in [5, 5.41) is 3.22. The van der Waals surface area contributed by atoms with Crippen molar-refractivity contribution in [3.63, 3.8) is 0 Å². The van der Waals surface area contributed by atoms with Gasteiger partial charge in [0.2, 0.25) is 10.0 Å². The van der Waals surface area contributed by atoms with Crippen LogP contribution >= 0.6 is 0 Å². The van der Waals surface area contributed by atoms with Crippen molar-refractivity contribution in [2.45, 2.75) is 38.3 Å². The summed E-state index contributed by atoms with van der Waals surface area (Å²) in [5.41, 5.74) is 0.630. The highest BCUT2D eigenvalue weighted by atomic mass is 32.2. The van der Waals surface area contributed by atoms with Gasteiger partial charge >= 0.3 is 0 Å². The molecule has 1 fully saturated rings. The molecule has 4 nitrogen and oxygen atoms in total. The molecular weight excluding hydrogens is 279 g/mol. The van der Waals surface area contributed by atoms with E-state index in [0.717, 1.165) is 25.8 Å². The van der Waals surface area contributed by atoms with Gasteiger partial charge in [0, 0.05) is 12.1 Å². The molecule has 0 saturated carbocycles. The van der Waals surface area contributed by atoms with Gasteiger partial charge in [0.05, 0.1) is 5.75 Å². The highest BCUT2D eigenvalue weighted by Crippen LogP contribution is 2.16. The molecule has 1 aromatic carbocycles. The number of rotatable bonds is 5. The van der Waals surface area contributed by atoms with Crippen molar-refractivity contribution in [3.05, 3.63) is 35.6 Å². The van der Waals surface area contributed by atoms with Crippen molar-refractivity contribution >= 4 is 10.0 Å². The minimum absolute atomic E-state index is 0.0148. The van der Waals surface area contributed by atoms with Crippen LogP contribution in [0.25, 0.3) is 0 Å². The predicted molar refractivity (Wildman–Crippen MR) is 77.4 cm³/mol. The van der Waals surface area contributed by atoms with Gasteiger partial charge in [0.25, 0.3) is 0 Å². The third kappa shape index (κ3) is 4.54. The number of hydrogen-bond acceptors (Lipinski definition) is 3. The van der Waals surface area contributed by atoms with Crippen molar-refractivity contribution < 1.29 is 12.8 Å². The molecule has 2 unspecified atom stereocenters. The van der Waals surface area contributed by atoms with Crippen LogP contribution in [0.15, 0.2) is 24.3 Å². The summed E-state index contributed by atoms with van der Waals surface area (Å²) in [6.45, 7) is 2.60. The van der Waals surface area contributed by atoms with E-state index in [1.165, 1.54) is 12.1 Å². The maximum Gasteiger partial charge on any atom is 0.213 e. The van der Waals surface area contributed by atoms with Crippen LogP contribution in [-0.2, 0) is 10.0 Å². The molecule has 0 spiro atoms. The summed E-state index contributed by atoms with van der Waals surface area (Å²) < 4.78 is 40.0. The molecule has 0 aliphatic carbocycles. The number of hydrogen-bond donors (Lipinski definition) is 2. The molecule has 2 atom stereocenters. The van der Waals surface area contributed by atoms with Crippen molar-refractivity contribution in [2.75, 3.05) is 12.3 Å². The van der Waals surface area contributed by atoms with Crippen LogP contribution in [0.5, 0.6) is 0 Å². The van der Waals surface area contributed by atoms with Gasteiger partial charge in [-0.2, -0.15) is 0 Å². The van der Waals surface area contributed by atoms with Gasteiger partial charge < -0.3 is 5.32 Å². The summed E-state index contributed by atoms with van der Waals surface area (Å²) in [7, 11) is -3.38. The monoisotopic (exact) mass is 300 g/mol. The lowest BCUT2D eigenvalue weighted by molar-refractivity contribution is 0.421. The maximum absolute atomic E-state index is 13.1. The van der Waals surface area contributed by atoms with E-state index in [0.29, 0.717) is 5.56 Å². The Morgan fingerprint density at radius 2 is 2.25 bits per heavy atom. The van der Waals surface area contributed by atoms with E-state index in [4.69, 9.17) is 0 Å². The zero-order valence-electron chi connectivity index (χ0n) is 11.6. The van der Waals surface area contributed by atoms with E-state index in [9.17, 15) is 12.8 Å². The molecular formula is C14H21FN2O2S. The van der Waals surface area contributed by atoms with Crippen molar-refractivity contribution in [2.24, 2.45) is 0 Å². The lowest BCUT2D eigenvalue weighted by Crippen LogP contribution is -2.43. The van der Waals surface area contributed by atoms with E-state index in [-0.39, 0.29) is 17.6 Å². The van der Waals surface area contributed by atoms with Crippen LogP contribution in [0.1, 0.15) is 37.8 Å². The smallest absolute Gasteiger partial charge is 0.213 e. The minimum atomic E-state index is -3.38. The van der Waals surface area contributed by atoms with Gasteiger partial charge in [0.15, 0.2) is 0 Å². The summed E-state index contributed by atoms with van der Waals surface area (Å²) >= 11 is 0. The Hall–Kier alpha value is -0.980. The standard InChI is InChI=1S/C14H21FN2O2S/c1-11(12-5-4-6-13(15)9-12)17-20(18,19)10-14-7-2-3-8-16-14/h4-6,9,11,14,16-17H,2-3,7-8,10H2,1H3. The second-order valence-electron chi connectivity index (χ2n) is 5.32. The van der Waals surface area contributed by atoms with Gasteiger partial charge in [0.1, 0.15) is 5.82 Å². The van der Waals surface area contributed by atoms with Gasteiger partial charge in [-0.25, -0.2) is 17.5 Å². The van der Waals surface area contributed by atoms with Crippen molar-refractivity contribution in [3.8, 4) is 0 Å². The fraction of sp³-hybridized carbons (Fsp3) is 0.571. The fourth-order valence-corrected chi connectivity index (χ4v) is 4.08. The molecule has 112 valence electrons. The first kappa shape index (κ1) is 15.4. The molecule has 0 bridgehead atoms. The average Bonchev–Trinajstić information content (AvgIpc) is 2.38. The van der Waals surface area contributed by atoms with E-state index in [2.05, 4.69) is 10.0 Å². The molecule has 2 rings (SSSR count). The third-order valence-electron chi connectivity index (χ3n) is 3.54. The first-order valence-electron chi connectivity index (χ1n) is 6.95. The van der Waals surface area contributed by atoms with E-state index < -0.39 is 16.1 Å². The molecule has 1 aliphatic heterocycles. The molecule has 1 aromatic rings. The average molecular weight is 300 g/mol. The summed E-state index contributed by atoms with van der Waals surface area (Å²) in [6, 6.07) is 5.58. The zero-order valence-corrected chi connectivity index (χ0v) is 12.4. The van der Waals surface area contributed by atoms with Gasteiger partial charge in [-0.05, 0) is 44.0 Å². The SMILES string of the molecule is CC(NS(=O)(=O)CC1CCCCN1)c1cccc(F)c1. The van der Waals surface area contributed by atoms with Crippen LogP contribution in [0.4, 0.5) is 4.39 Å². The fourth-order valence-electron chi connectivity index (χ4n) is 2.49. The molecule has 0 aromatic heterocycles. The molecule has 1 heterocycles. The first-order chi connectivity index (χ1) is 9.46. The topological polar surface area (TPSA) is 58.2 Å². The van der Waals surface area contributed by atoms with E-state index >= 15 is 0 Å². The molecule has 1 aliphatic rings. The molecule has 1 saturated heterocycles. The van der Waals surface area contributed by atoms with E-state index in [1.807, 2.05) is 0 Å². The van der Waals surface area contributed by atoms with Crippen LogP contribution in [0.2, 0.25) is 0 Å². The van der Waals surface area contributed by atoms with Crippen molar-refractivity contribution in [1.82, 2.24) is 10.0 Å². The zero-order chi connectivity index (χ0) is 14.6. The van der Waals surface area contributed by atoms with Crippen LogP contribution < -0.4 is 10.0 Å². The second-order valence-corrected chi connectivity index (χ2v) is 7.12. The van der Waals surface area contributed by atoms with Gasteiger partial charge in [-0.1, -0.05) is 18.6 Å². The van der Waals surface area contributed by atoms with Crippen LogP contribution in [0, 0.1) is 5.82 Å². The van der Waals surface area contributed by atoms with Crippen LogP contribution in [0.3, 0.4) is 0 Å². The lowest BCUT2D eigenvalue weighted by atomic mass is 10.1.